The molecule has 1 atom stereocenters. The van der Waals surface area contributed by atoms with Crippen LogP contribution in [0.5, 0.6) is 0 Å². The lowest BCUT2D eigenvalue weighted by molar-refractivity contribution is -0.423. The summed E-state index contributed by atoms with van der Waals surface area (Å²) < 4.78 is 13.1. The van der Waals surface area contributed by atoms with Gasteiger partial charge < -0.3 is 46.6 Å². The maximum atomic E-state index is 13.1. The molecule has 0 aliphatic heterocycles. The fourth-order valence-electron chi connectivity index (χ4n) is 2.94. The first-order valence-corrected chi connectivity index (χ1v) is 8.86. The molecule has 3 rings (SSSR count). The number of carbonyl (C=O) groups excluding carboxylic acids is 1. The van der Waals surface area contributed by atoms with E-state index >= 15 is 0 Å². The molecule has 1 aromatic heterocycles. The number of amides is 1. The van der Waals surface area contributed by atoms with Gasteiger partial charge in [-0.3, -0.25) is 4.79 Å². The topological polar surface area (TPSA) is 100 Å². The summed E-state index contributed by atoms with van der Waals surface area (Å²) >= 11 is 0. The predicted octanol–water partition coefficient (Wildman–Crippen LogP) is -4.66. The van der Waals surface area contributed by atoms with Crippen LogP contribution >= 0.6 is 0 Å². The molecule has 3 aromatic rings. The minimum Gasteiger partial charge on any atom is -1.00 e. The van der Waals surface area contributed by atoms with E-state index in [0.29, 0.717) is 12.2 Å². The maximum absolute atomic E-state index is 13.1. The lowest BCUT2D eigenvalue weighted by atomic mass is 10.0. The third-order valence-corrected chi connectivity index (χ3v) is 4.46. The van der Waals surface area contributed by atoms with Gasteiger partial charge in [0.05, 0.1) is 13.1 Å². The Kier molecular flexibility index (Phi) is 9.41. The van der Waals surface area contributed by atoms with Crippen LogP contribution < -0.4 is 41.6 Å². The summed E-state index contributed by atoms with van der Waals surface area (Å²) in [4.78, 5) is 15.5. The average molecular weight is 427 g/mol. The van der Waals surface area contributed by atoms with Crippen LogP contribution in [0, 0.1) is 5.82 Å². The van der Waals surface area contributed by atoms with Gasteiger partial charge in [0.2, 0.25) is 0 Å². The molecular weight excluding hydrogens is 402 g/mol. The van der Waals surface area contributed by atoms with Gasteiger partial charge in [-0.15, -0.1) is 0 Å². The third-order valence-electron chi connectivity index (χ3n) is 4.46. The van der Waals surface area contributed by atoms with E-state index in [9.17, 15) is 9.18 Å². The van der Waals surface area contributed by atoms with Gasteiger partial charge in [0.15, 0.2) is 0 Å². The summed E-state index contributed by atoms with van der Waals surface area (Å²) in [5.74, 6) is -0.389. The van der Waals surface area contributed by atoms with E-state index in [-0.39, 0.29) is 42.6 Å². The number of benzene rings is 2. The van der Waals surface area contributed by atoms with Gasteiger partial charge in [0, 0.05) is 23.7 Å². The van der Waals surface area contributed by atoms with Crippen molar-refractivity contribution in [2.45, 2.75) is 18.9 Å². The number of rotatable bonds is 7. The highest BCUT2D eigenvalue weighted by molar-refractivity contribution is 5.98. The Bertz CT molecular complexity index is 899. The van der Waals surface area contributed by atoms with Gasteiger partial charge in [-0.2, -0.15) is 0 Å². The summed E-state index contributed by atoms with van der Waals surface area (Å²) in [6, 6.07) is 14.3. The van der Waals surface area contributed by atoms with E-state index in [1.807, 2.05) is 24.3 Å². The minimum atomic E-state index is -0.257. The molecule has 8 heteroatoms. The molecule has 0 bridgehead atoms. The molecule has 0 radical (unpaired) electrons. The molecule has 0 unspecified atom stereocenters. The molecule has 1 amide bonds. The van der Waals surface area contributed by atoms with E-state index in [4.69, 9.17) is 0 Å². The molecule has 0 saturated heterocycles. The molecule has 0 aliphatic carbocycles. The van der Waals surface area contributed by atoms with Gasteiger partial charge in [-0.25, -0.2) is 4.39 Å². The van der Waals surface area contributed by atoms with Crippen LogP contribution in [0.15, 0.2) is 48.5 Å². The quantitative estimate of drug-likeness (QED) is 0.300. The number of halogens is 3. The largest absolute Gasteiger partial charge is 1.00 e. The van der Waals surface area contributed by atoms with Crippen LogP contribution in [0.1, 0.15) is 23.3 Å². The second-order valence-electron chi connectivity index (χ2n) is 6.56. The normalized spacial score (nSPS) is 11.4. The van der Waals surface area contributed by atoms with Gasteiger partial charge in [0.25, 0.3) is 5.91 Å². The zero-order valence-electron chi connectivity index (χ0n) is 15.5. The first kappa shape index (κ1) is 23.9. The first-order valence-electron chi connectivity index (χ1n) is 8.86. The standard InChI is InChI=1S/C20H23FN4O.2ClH/c21-16-7-5-13(6-8-16)14-3-4-15-11-19(25-18(15)10-14)20(26)24-12-17(23)2-1-9-22;;/h3-8,10-11,17,25H,1-2,9,12,22-23H2,(H,24,26);2*1H/t17-;;/m1../s1. The molecule has 0 spiro atoms. The number of H-pyrrole nitrogens is 1. The number of hydrogen-bond donors (Lipinski definition) is 4. The zero-order valence-corrected chi connectivity index (χ0v) is 17.0. The first-order chi connectivity index (χ1) is 12.6. The summed E-state index contributed by atoms with van der Waals surface area (Å²) in [5, 5.41) is 3.89. The fourth-order valence-corrected chi connectivity index (χ4v) is 2.94. The molecule has 0 aliphatic rings. The minimum absolute atomic E-state index is 0. The van der Waals surface area contributed by atoms with Crippen molar-refractivity contribution in [3.8, 4) is 11.1 Å². The highest BCUT2D eigenvalue weighted by Crippen LogP contribution is 2.25. The summed E-state index contributed by atoms with van der Waals surface area (Å²) in [6.45, 7) is 1.44. The van der Waals surface area contributed by atoms with Gasteiger partial charge in [0.1, 0.15) is 17.6 Å². The van der Waals surface area contributed by atoms with Crippen LogP contribution in [-0.4, -0.2) is 30.0 Å². The van der Waals surface area contributed by atoms with Crippen molar-refractivity contribution in [2.75, 3.05) is 13.1 Å². The molecule has 8 N–H and O–H groups in total. The summed E-state index contributed by atoms with van der Waals surface area (Å²) in [7, 11) is 0. The Balaban J connectivity index is 0.00000196. The molecule has 152 valence electrons. The Hall–Kier alpha value is -2.12. The number of aromatic nitrogens is 1. The van der Waals surface area contributed by atoms with Crippen molar-refractivity contribution in [2.24, 2.45) is 0 Å². The van der Waals surface area contributed by atoms with Gasteiger partial charge in [-0.05, 0) is 35.4 Å². The predicted molar refractivity (Wildman–Crippen MR) is 99.7 cm³/mol. The van der Waals surface area contributed by atoms with Crippen molar-refractivity contribution in [1.82, 2.24) is 10.3 Å². The Morgan fingerprint density at radius 3 is 2.43 bits per heavy atom. The van der Waals surface area contributed by atoms with Crippen LogP contribution in [-0.2, 0) is 0 Å². The van der Waals surface area contributed by atoms with E-state index in [2.05, 4.69) is 21.8 Å². The number of nitrogens with one attached hydrogen (secondary N) is 2. The summed E-state index contributed by atoms with van der Waals surface area (Å²) in [5.41, 5.74) is 11.2. The molecule has 5 nitrogen and oxygen atoms in total. The van der Waals surface area contributed by atoms with Gasteiger partial charge >= 0.3 is 0 Å². The number of quaternary nitrogens is 2. The molecule has 0 fully saturated rings. The fraction of sp³-hybridized carbons (Fsp3) is 0.250. The van der Waals surface area contributed by atoms with Gasteiger partial charge in [-0.1, -0.05) is 24.3 Å². The maximum Gasteiger partial charge on any atom is 0.267 e. The van der Waals surface area contributed by atoms with Crippen LogP contribution in [0.3, 0.4) is 0 Å². The van der Waals surface area contributed by atoms with Crippen molar-refractivity contribution < 1.29 is 45.5 Å². The van der Waals surface area contributed by atoms with Crippen LogP contribution in [0.2, 0.25) is 0 Å². The third kappa shape index (κ3) is 5.94. The van der Waals surface area contributed by atoms with E-state index in [0.717, 1.165) is 41.4 Å². The smallest absolute Gasteiger partial charge is 0.267 e. The average Bonchev–Trinajstić information content (AvgIpc) is 3.08. The Labute approximate surface area is 175 Å². The summed E-state index contributed by atoms with van der Waals surface area (Å²) in [6.07, 6.45) is 1.97. The number of fused-ring (bicyclic) bond motifs is 1. The van der Waals surface area contributed by atoms with Crippen LogP contribution in [0.4, 0.5) is 4.39 Å². The lowest BCUT2D eigenvalue weighted by Gasteiger charge is -2.08. The number of aromatic amines is 1. The highest BCUT2D eigenvalue weighted by atomic mass is 35.5. The second kappa shape index (κ2) is 11.0. The lowest BCUT2D eigenvalue weighted by Crippen LogP contribution is -3.00. The number of carbonyl (C=O) groups is 1. The van der Waals surface area contributed by atoms with E-state index in [1.165, 1.54) is 12.1 Å². The number of hydrogen-bond acceptors (Lipinski definition) is 1. The zero-order chi connectivity index (χ0) is 18.5. The van der Waals surface area contributed by atoms with E-state index in [1.54, 1.807) is 12.1 Å². The Morgan fingerprint density at radius 1 is 1.07 bits per heavy atom. The second-order valence-corrected chi connectivity index (χ2v) is 6.56. The molecule has 0 saturated carbocycles. The molecule has 28 heavy (non-hydrogen) atoms. The van der Waals surface area contributed by atoms with Crippen molar-refractivity contribution in [3.63, 3.8) is 0 Å². The SMILES string of the molecule is [Cl-].[Cl-].[NH3+]CCC[C@@H]([NH3+])CNC(=O)c1cc2ccc(-c3ccc(F)cc3)cc2[nH]1. The van der Waals surface area contributed by atoms with Crippen molar-refractivity contribution in [1.29, 1.82) is 0 Å². The van der Waals surface area contributed by atoms with Crippen molar-refractivity contribution >= 4 is 16.8 Å². The Morgan fingerprint density at radius 2 is 1.75 bits per heavy atom. The highest BCUT2D eigenvalue weighted by Gasteiger charge is 2.13. The molecular formula is C20H25Cl2FN4O. The van der Waals surface area contributed by atoms with E-state index < -0.39 is 0 Å². The monoisotopic (exact) mass is 426 g/mol. The van der Waals surface area contributed by atoms with Crippen LogP contribution in [0.25, 0.3) is 22.0 Å². The molecule has 2 aromatic carbocycles. The molecule has 1 heterocycles. The van der Waals surface area contributed by atoms with Crippen molar-refractivity contribution in [3.05, 3.63) is 60.0 Å².